The van der Waals surface area contributed by atoms with E-state index >= 15 is 0 Å². The van der Waals surface area contributed by atoms with Crippen molar-refractivity contribution in [2.75, 3.05) is 0 Å². The molecule has 0 saturated heterocycles. The standard InChI is InChI=1S/C20H33NO3/c1-2-3-6-9-17(22)14-12-16-13-15-19(23)18(16)10-7-4-5-8-11-20(21)24/h4,7,12-19,22-23H,2-3,5-6,8-11H2,1H3,(H2,21,24)/b7-4-,14-12+/t16-,17-,18+,19+/m0/s1. The topological polar surface area (TPSA) is 83.6 Å². The number of allylic oxidation sites excluding steroid dienone is 4. The molecule has 24 heavy (non-hydrogen) atoms. The maximum atomic E-state index is 10.7. The fraction of sp³-hybridized carbons (Fsp3) is 0.650. The summed E-state index contributed by atoms with van der Waals surface area (Å²) in [6, 6.07) is 0. The maximum Gasteiger partial charge on any atom is 0.217 e. The fourth-order valence-corrected chi connectivity index (χ4v) is 2.98. The normalized spacial score (nSPS) is 25.0. The molecule has 0 unspecified atom stereocenters. The molecule has 0 aliphatic heterocycles. The molecule has 1 rings (SSSR count). The summed E-state index contributed by atoms with van der Waals surface area (Å²) in [5, 5.41) is 20.1. The Balaban J connectivity index is 2.36. The third kappa shape index (κ3) is 8.46. The average Bonchev–Trinajstić information content (AvgIpc) is 2.89. The van der Waals surface area contributed by atoms with E-state index in [0.29, 0.717) is 6.42 Å². The number of primary amides is 1. The van der Waals surface area contributed by atoms with Crippen molar-refractivity contribution in [3.8, 4) is 0 Å². The summed E-state index contributed by atoms with van der Waals surface area (Å²) in [4.78, 5) is 10.7. The molecule has 0 saturated carbocycles. The maximum absolute atomic E-state index is 10.7. The molecule has 4 heteroatoms. The van der Waals surface area contributed by atoms with Gasteiger partial charge in [-0.1, -0.05) is 62.6 Å². The molecule has 0 aromatic carbocycles. The van der Waals surface area contributed by atoms with Gasteiger partial charge in [0.1, 0.15) is 0 Å². The number of hydrogen-bond acceptors (Lipinski definition) is 3. The molecule has 0 bridgehead atoms. The third-order valence-electron chi connectivity index (χ3n) is 4.49. The molecule has 0 radical (unpaired) electrons. The van der Waals surface area contributed by atoms with E-state index in [4.69, 9.17) is 5.73 Å². The van der Waals surface area contributed by atoms with E-state index in [0.717, 1.165) is 44.9 Å². The molecule has 1 aliphatic carbocycles. The number of hydrogen-bond donors (Lipinski definition) is 3. The van der Waals surface area contributed by atoms with Gasteiger partial charge in [-0.25, -0.2) is 0 Å². The number of unbranched alkanes of at least 4 members (excludes halogenated alkanes) is 3. The second kappa shape index (κ2) is 12.0. The third-order valence-corrected chi connectivity index (χ3v) is 4.49. The van der Waals surface area contributed by atoms with Crippen LogP contribution in [0.4, 0.5) is 0 Å². The second-order valence-corrected chi connectivity index (χ2v) is 6.63. The Morgan fingerprint density at radius 3 is 2.75 bits per heavy atom. The van der Waals surface area contributed by atoms with Crippen LogP contribution < -0.4 is 5.73 Å². The lowest BCUT2D eigenvalue weighted by Crippen LogP contribution is -2.18. The summed E-state index contributed by atoms with van der Waals surface area (Å²) in [6.45, 7) is 2.15. The van der Waals surface area contributed by atoms with Crippen LogP contribution in [0.15, 0.2) is 36.5 Å². The number of aliphatic hydroxyl groups is 2. The SMILES string of the molecule is CCCCC[C@H](O)/C=C/[C@H]1C=C[C@@H](O)[C@@H]1C/C=C\CCCC(N)=O. The Bertz CT molecular complexity index is 442. The van der Waals surface area contributed by atoms with Crippen LogP contribution in [0.1, 0.15) is 58.3 Å². The van der Waals surface area contributed by atoms with Crippen molar-refractivity contribution in [1.29, 1.82) is 0 Å². The van der Waals surface area contributed by atoms with Crippen LogP contribution >= 0.6 is 0 Å². The van der Waals surface area contributed by atoms with Gasteiger partial charge in [0.15, 0.2) is 0 Å². The molecule has 0 aromatic heterocycles. The van der Waals surface area contributed by atoms with E-state index in [1.807, 2.05) is 30.4 Å². The molecule has 4 N–H and O–H groups in total. The van der Waals surface area contributed by atoms with E-state index in [1.165, 1.54) is 0 Å². The molecule has 136 valence electrons. The van der Waals surface area contributed by atoms with Gasteiger partial charge in [-0.3, -0.25) is 4.79 Å². The Labute approximate surface area is 146 Å². The van der Waals surface area contributed by atoms with Crippen LogP contribution in [0.3, 0.4) is 0 Å². The van der Waals surface area contributed by atoms with Crippen LogP contribution in [0.25, 0.3) is 0 Å². The minimum absolute atomic E-state index is 0.122. The summed E-state index contributed by atoms with van der Waals surface area (Å²) in [5.74, 6) is 0.0223. The van der Waals surface area contributed by atoms with Crippen molar-refractivity contribution in [1.82, 2.24) is 0 Å². The zero-order chi connectivity index (χ0) is 17.8. The minimum Gasteiger partial charge on any atom is -0.389 e. The second-order valence-electron chi connectivity index (χ2n) is 6.63. The highest BCUT2D eigenvalue weighted by atomic mass is 16.3. The van der Waals surface area contributed by atoms with Crippen molar-refractivity contribution >= 4 is 5.91 Å². The van der Waals surface area contributed by atoms with Gasteiger partial charge < -0.3 is 15.9 Å². The van der Waals surface area contributed by atoms with E-state index in [-0.39, 0.29) is 17.7 Å². The van der Waals surface area contributed by atoms with Gasteiger partial charge in [0.25, 0.3) is 0 Å². The van der Waals surface area contributed by atoms with Crippen LogP contribution in [0.5, 0.6) is 0 Å². The molecule has 0 aromatic rings. The van der Waals surface area contributed by atoms with E-state index in [9.17, 15) is 15.0 Å². The smallest absolute Gasteiger partial charge is 0.217 e. The lowest BCUT2D eigenvalue weighted by Gasteiger charge is -2.18. The molecular weight excluding hydrogens is 302 g/mol. The van der Waals surface area contributed by atoms with Crippen molar-refractivity contribution < 1.29 is 15.0 Å². The predicted molar refractivity (Wildman–Crippen MR) is 98.2 cm³/mol. The van der Waals surface area contributed by atoms with Crippen molar-refractivity contribution in [3.05, 3.63) is 36.5 Å². The van der Waals surface area contributed by atoms with Crippen LogP contribution in [-0.2, 0) is 4.79 Å². The van der Waals surface area contributed by atoms with Gasteiger partial charge in [0, 0.05) is 18.3 Å². The molecular formula is C20H33NO3. The number of carbonyl (C=O) groups is 1. The first-order chi connectivity index (χ1) is 11.5. The van der Waals surface area contributed by atoms with Gasteiger partial charge >= 0.3 is 0 Å². The lowest BCUT2D eigenvalue weighted by molar-refractivity contribution is -0.118. The van der Waals surface area contributed by atoms with Gasteiger partial charge in [-0.15, -0.1) is 0 Å². The van der Waals surface area contributed by atoms with Crippen molar-refractivity contribution in [3.63, 3.8) is 0 Å². The molecule has 1 aliphatic rings. The molecule has 4 nitrogen and oxygen atoms in total. The minimum atomic E-state index is -0.438. The number of carbonyl (C=O) groups excluding carboxylic acids is 1. The zero-order valence-electron chi connectivity index (χ0n) is 14.8. The average molecular weight is 335 g/mol. The molecule has 0 spiro atoms. The monoisotopic (exact) mass is 335 g/mol. The molecule has 4 atom stereocenters. The largest absolute Gasteiger partial charge is 0.389 e. The molecule has 1 amide bonds. The van der Waals surface area contributed by atoms with Gasteiger partial charge in [0.05, 0.1) is 12.2 Å². The van der Waals surface area contributed by atoms with E-state index in [1.54, 1.807) is 0 Å². The Hall–Kier alpha value is -1.39. The number of nitrogens with two attached hydrogens (primary N) is 1. The fourth-order valence-electron chi connectivity index (χ4n) is 2.98. The van der Waals surface area contributed by atoms with Crippen molar-refractivity contribution in [2.24, 2.45) is 17.6 Å². The highest BCUT2D eigenvalue weighted by Crippen LogP contribution is 2.30. The summed E-state index contributed by atoms with van der Waals surface area (Å²) in [6.07, 6.45) is 18.0. The number of amides is 1. The summed E-state index contributed by atoms with van der Waals surface area (Å²) in [7, 11) is 0. The summed E-state index contributed by atoms with van der Waals surface area (Å²) >= 11 is 0. The highest BCUT2D eigenvalue weighted by molar-refractivity contribution is 5.73. The first-order valence-electron chi connectivity index (χ1n) is 9.20. The summed E-state index contributed by atoms with van der Waals surface area (Å²) < 4.78 is 0. The first kappa shape index (κ1) is 20.7. The number of rotatable bonds is 12. The van der Waals surface area contributed by atoms with E-state index in [2.05, 4.69) is 13.0 Å². The Morgan fingerprint density at radius 1 is 1.25 bits per heavy atom. The number of aliphatic hydroxyl groups excluding tert-OH is 2. The quantitative estimate of drug-likeness (QED) is 0.378. The first-order valence-corrected chi connectivity index (χ1v) is 9.20. The highest BCUT2D eigenvalue weighted by Gasteiger charge is 2.27. The zero-order valence-corrected chi connectivity index (χ0v) is 14.8. The molecule has 0 fully saturated rings. The van der Waals surface area contributed by atoms with Crippen LogP contribution in [0, 0.1) is 11.8 Å². The Kier molecular flexibility index (Phi) is 10.4. The van der Waals surface area contributed by atoms with Crippen molar-refractivity contribution in [2.45, 2.75) is 70.5 Å². The molecule has 0 heterocycles. The lowest BCUT2D eigenvalue weighted by atomic mass is 9.89. The van der Waals surface area contributed by atoms with Crippen LogP contribution in [0.2, 0.25) is 0 Å². The van der Waals surface area contributed by atoms with Crippen LogP contribution in [-0.4, -0.2) is 28.3 Å². The Morgan fingerprint density at radius 2 is 2.04 bits per heavy atom. The van der Waals surface area contributed by atoms with E-state index < -0.39 is 12.2 Å². The van der Waals surface area contributed by atoms with Gasteiger partial charge in [-0.05, 0) is 25.7 Å². The summed E-state index contributed by atoms with van der Waals surface area (Å²) in [5.41, 5.74) is 5.11. The predicted octanol–water partition coefficient (Wildman–Crippen LogP) is 3.25. The van der Waals surface area contributed by atoms with Gasteiger partial charge in [-0.2, -0.15) is 0 Å². The van der Waals surface area contributed by atoms with Gasteiger partial charge in [0.2, 0.25) is 5.91 Å².